The number of para-hydroxylation sites is 1. The van der Waals surface area contributed by atoms with Gasteiger partial charge < -0.3 is 5.32 Å². The lowest BCUT2D eigenvalue weighted by molar-refractivity contribution is 0.0979. The summed E-state index contributed by atoms with van der Waals surface area (Å²) >= 11 is 6.05. The number of anilines is 2. The third kappa shape index (κ3) is 7.09. The molecule has 0 bridgehead atoms. The molecule has 0 saturated heterocycles. The molecule has 4 heteroatoms. The van der Waals surface area contributed by atoms with Crippen molar-refractivity contribution in [1.29, 1.82) is 0 Å². The van der Waals surface area contributed by atoms with Crippen molar-refractivity contribution in [3.8, 4) is 11.8 Å². The van der Waals surface area contributed by atoms with E-state index in [2.05, 4.69) is 62.2 Å². The van der Waals surface area contributed by atoms with Crippen molar-refractivity contribution in [2.75, 3.05) is 10.2 Å². The number of fused-ring (bicyclic) bond motifs is 1. The average molecular weight is 561 g/mol. The minimum absolute atomic E-state index is 0.0454. The van der Waals surface area contributed by atoms with Gasteiger partial charge in [0, 0.05) is 27.5 Å². The summed E-state index contributed by atoms with van der Waals surface area (Å²) in [6, 6.07) is 29.7. The molecule has 0 saturated carbocycles. The fourth-order valence-electron chi connectivity index (χ4n) is 4.65. The topological polar surface area (TPSA) is 32.3 Å². The quantitative estimate of drug-likeness (QED) is 0.253. The zero-order chi connectivity index (χ0) is 29.6. The van der Waals surface area contributed by atoms with Crippen molar-refractivity contribution in [3.63, 3.8) is 0 Å². The van der Waals surface area contributed by atoms with Gasteiger partial charge in [0.15, 0.2) is 0 Å². The van der Waals surface area contributed by atoms with Crippen LogP contribution in [0.4, 0.5) is 11.4 Å². The summed E-state index contributed by atoms with van der Waals surface area (Å²) in [5, 5.41) is 4.21. The van der Waals surface area contributed by atoms with Gasteiger partial charge in [-0.05, 0) is 89.7 Å². The first-order valence-corrected chi connectivity index (χ1v) is 14.4. The zero-order valence-electron chi connectivity index (χ0n) is 24.6. The predicted octanol–water partition coefficient (Wildman–Crippen LogP) is 9.48. The van der Waals surface area contributed by atoms with E-state index in [0.717, 1.165) is 33.6 Å². The molecule has 0 radical (unpaired) electrons. The molecule has 0 aliphatic carbocycles. The third-order valence-corrected chi connectivity index (χ3v) is 7.11. The zero-order valence-corrected chi connectivity index (χ0v) is 25.4. The van der Waals surface area contributed by atoms with Crippen LogP contribution in [-0.4, -0.2) is 12.1 Å². The normalized spacial score (nSPS) is 14.4. The third-order valence-electron chi connectivity index (χ3n) is 6.86. The van der Waals surface area contributed by atoms with Crippen LogP contribution in [0, 0.1) is 18.8 Å². The highest BCUT2D eigenvalue weighted by molar-refractivity contribution is 6.30. The summed E-state index contributed by atoms with van der Waals surface area (Å²) in [4.78, 5) is 15.5. The van der Waals surface area contributed by atoms with E-state index in [1.807, 2.05) is 105 Å². The maximum atomic E-state index is 13.7. The molecule has 1 unspecified atom stereocenters. The molecular formula is C37H37ClN2O. The van der Waals surface area contributed by atoms with Gasteiger partial charge in [0.1, 0.15) is 6.17 Å². The Morgan fingerprint density at radius 1 is 0.854 bits per heavy atom. The number of hydrogen-bond donors (Lipinski definition) is 1. The molecule has 0 fully saturated rings. The smallest absolute Gasteiger partial charge is 0.262 e. The second-order valence-corrected chi connectivity index (χ2v) is 11.2. The SMILES string of the molecule is CC.Cc1cc(C#Cc2ccc(C(C)(C)C)cc2)ccc1N1C(=O)c2ccccc2NC1/C=C/c1ccc(Cl)cc1. The Bertz CT molecular complexity index is 1600. The van der Waals surface area contributed by atoms with Gasteiger partial charge in [-0.2, -0.15) is 0 Å². The van der Waals surface area contributed by atoms with Gasteiger partial charge in [-0.1, -0.05) is 101 Å². The number of halogens is 1. The van der Waals surface area contributed by atoms with Gasteiger partial charge in [-0.3, -0.25) is 9.69 Å². The van der Waals surface area contributed by atoms with Gasteiger partial charge in [-0.25, -0.2) is 0 Å². The van der Waals surface area contributed by atoms with E-state index in [0.29, 0.717) is 10.6 Å². The molecule has 1 heterocycles. The maximum Gasteiger partial charge on any atom is 0.262 e. The van der Waals surface area contributed by atoms with Crippen molar-refractivity contribution in [3.05, 3.63) is 135 Å². The lowest BCUT2D eigenvalue weighted by Crippen LogP contribution is -2.48. The van der Waals surface area contributed by atoms with Crippen molar-refractivity contribution in [1.82, 2.24) is 0 Å². The van der Waals surface area contributed by atoms with E-state index in [-0.39, 0.29) is 17.5 Å². The minimum atomic E-state index is -0.361. The summed E-state index contributed by atoms with van der Waals surface area (Å²) in [6.45, 7) is 12.6. The second kappa shape index (κ2) is 12.9. The molecule has 1 aliphatic heterocycles. The van der Waals surface area contributed by atoms with Crippen LogP contribution in [0.15, 0.2) is 97.1 Å². The van der Waals surface area contributed by atoms with E-state index < -0.39 is 0 Å². The Morgan fingerprint density at radius 2 is 1.49 bits per heavy atom. The molecule has 3 nitrogen and oxygen atoms in total. The van der Waals surface area contributed by atoms with Crippen LogP contribution in [0.2, 0.25) is 5.02 Å². The van der Waals surface area contributed by atoms with Gasteiger partial charge in [0.2, 0.25) is 0 Å². The standard InChI is InChI=1S/C35H31ClN2O.C2H6/c1-24-23-27(10-9-25-11-17-28(18-12-25)35(2,3)4)15-21-32(24)38-33(22-16-26-13-19-29(36)20-14-26)37-31-8-6-5-7-30(31)34(38)39;1-2/h5-8,11-23,33,37H,1-4H3;1-2H3/b22-16+;. The van der Waals surface area contributed by atoms with Gasteiger partial charge >= 0.3 is 0 Å². The molecule has 0 aromatic heterocycles. The molecule has 41 heavy (non-hydrogen) atoms. The Hall–Kier alpha value is -4.26. The number of hydrogen-bond acceptors (Lipinski definition) is 2. The Labute approximate surface area is 249 Å². The van der Waals surface area contributed by atoms with Gasteiger partial charge in [0.05, 0.1) is 5.56 Å². The van der Waals surface area contributed by atoms with Crippen LogP contribution < -0.4 is 10.2 Å². The van der Waals surface area contributed by atoms with Crippen LogP contribution in [0.3, 0.4) is 0 Å². The molecule has 1 N–H and O–H groups in total. The Balaban J connectivity index is 0.00000189. The summed E-state index contributed by atoms with van der Waals surface area (Å²) in [5.41, 5.74) is 7.57. The molecule has 0 spiro atoms. The number of nitrogens with one attached hydrogen (secondary N) is 1. The molecule has 1 aliphatic rings. The molecular weight excluding hydrogens is 524 g/mol. The largest absolute Gasteiger partial charge is 0.361 e. The van der Waals surface area contributed by atoms with Gasteiger partial charge in [-0.15, -0.1) is 0 Å². The van der Waals surface area contributed by atoms with E-state index in [4.69, 9.17) is 11.6 Å². The molecule has 4 aromatic rings. The number of amides is 1. The summed E-state index contributed by atoms with van der Waals surface area (Å²) in [5.74, 6) is 6.52. The van der Waals surface area contributed by atoms with Crippen LogP contribution in [0.5, 0.6) is 0 Å². The van der Waals surface area contributed by atoms with E-state index in [1.54, 1.807) is 0 Å². The van der Waals surface area contributed by atoms with Gasteiger partial charge in [0.25, 0.3) is 5.91 Å². The molecule has 1 amide bonds. The highest BCUT2D eigenvalue weighted by Crippen LogP contribution is 2.32. The first-order valence-electron chi connectivity index (χ1n) is 14.1. The lowest BCUT2D eigenvalue weighted by Gasteiger charge is -2.37. The Morgan fingerprint density at radius 3 is 2.15 bits per heavy atom. The number of carbonyl (C=O) groups is 1. The van der Waals surface area contributed by atoms with Crippen molar-refractivity contribution >= 4 is 35.0 Å². The van der Waals surface area contributed by atoms with Crippen LogP contribution in [0.1, 0.15) is 72.8 Å². The predicted molar refractivity (Wildman–Crippen MR) is 175 cm³/mol. The molecule has 5 rings (SSSR count). The average Bonchev–Trinajstić information content (AvgIpc) is 2.97. The summed E-state index contributed by atoms with van der Waals surface area (Å²) in [6.07, 6.45) is 3.65. The van der Waals surface area contributed by atoms with E-state index >= 15 is 0 Å². The fraction of sp³-hybridized carbons (Fsp3) is 0.216. The fourth-order valence-corrected chi connectivity index (χ4v) is 4.77. The number of benzene rings is 4. The lowest BCUT2D eigenvalue weighted by atomic mass is 9.87. The summed E-state index contributed by atoms with van der Waals surface area (Å²) in [7, 11) is 0. The van der Waals surface area contributed by atoms with E-state index in [1.165, 1.54) is 5.56 Å². The second-order valence-electron chi connectivity index (χ2n) is 10.8. The van der Waals surface area contributed by atoms with Crippen molar-refractivity contribution in [2.24, 2.45) is 0 Å². The highest BCUT2D eigenvalue weighted by atomic mass is 35.5. The monoisotopic (exact) mass is 560 g/mol. The molecule has 4 aromatic carbocycles. The van der Waals surface area contributed by atoms with E-state index in [9.17, 15) is 4.79 Å². The number of aryl methyl sites for hydroxylation is 1. The number of rotatable bonds is 3. The number of nitrogens with zero attached hydrogens (tertiary/aromatic N) is 1. The van der Waals surface area contributed by atoms with Crippen LogP contribution in [0.25, 0.3) is 6.08 Å². The van der Waals surface area contributed by atoms with Crippen LogP contribution in [-0.2, 0) is 5.41 Å². The summed E-state index contributed by atoms with van der Waals surface area (Å²) < 4.78 is 0. The van der Waals surface area contributed by atoms with Crippen LogP contribution >= 0.6 is 11.6 Å². The first kappa shape index (κ1) is 29.7. The number of carbonyl (C=O) groups excluding carboxylic acids is 1. The minimum Gasteiger partial charge on any atom is -0.361 e. The van der Waals surface area contributed by atoms with Crippen molar-refractivity contribution in [2.45, 2.75) is 53.1 Å². The Kier molecular flexibility index (Phi) is 9.38. The maximum absolute atomic E-state index is 13.7. The molecule has 1 atom stereocenters. The first-order chi connectivity index (χ1) is 19.7. The highest BCUT2D eigenvalue weighted by Gasteiger charge is 2.32. The van der Waals surface area contributed by atoms with Crippen molar-refractivity contribution < 1.29 is 4.79 Å². The molecule has 208 valence electrons.